The number of carbonyl (C=O) groups excluding carboxylic acids is 1. The van der Waals surface area contributed by atoms with Crippen LogP contribution in [-0.2, 0) is 16.0 Å². The number of aromatic amines is 1. The molecular formula is C22H26N2O4. The van der Waals surface area contributed by atoms with Crippen LogP contribution in [0.5, 0.6) is 11.5 Å². The number of methoxy groups -OCH3 is 1. The van der Waals surface area contributed by atoms with E-state index in [4.69, 9.17) is 14.2 Å². The molecule has 0 unspecified atom stereocenters. The van der Waals surface area contributed by atoms with Gasteiger partial charge in [-0.2, -0.15) is 0 Å². The Kier molecular flexibility index (Phi) is 5.34. The number of para-hydroxylation sites is 1. The molecule has 2 aliphatic heterocycles. The molecule has 2 N–H and O–H groups in total. The molecule has 0 bridgehead atoms. The summed E-state index contributed by atoms with van der Waals surface area (Å²) in [6, 6.07) is 13.5. The van der Waals surface area contributed by atoms with Crippen molar-refractivity contribution in [2.45, 2.75) is 33.4 Å². The molecule has 1 aromatic heterocycles. The first-order valence-corrected chi connectivity index (χ1v) is 8.57. The molecule has 5 rings (SSSR count). The molecule has 2 aromatic carbocycles. The van der Waals surface area contributed by atoms with E-state index in [2.05, 4.69) is 22.4 Å². The average Bonchev–Trinajstić information content (AvgIpc) is 3.30. The zero-order chi connectivity index (χ0) is 17.7. The van der Waals surface area contributed by atoms with Gasteiger partial charge in [0.15, 0.2) is 11.5 Å². The Labute approximate surface area is 164 Å². The lowest BCUT2D eigenvalue weighted by molar-refractivity contribution is -0.143. The van der Waals surface area contributed by atoms with Crippen LogP contribution in [0.15, 0.2) is 42.5 Å². The van der Waals surface area contributed by atoms with Gasteiger partial charge in [-0.1, -0.05) is 39.1 Å². The number of aromatic nitrogens is 1. The molecule has 2 aliphatic rings. The number of carbonyl (C=O) groups is 1. The fourth-order valence-electron chi connectivity index (χ4n) is 3.88. The van der Waals surface area contributed by atoms with Crippen LogP contribution in [0.3, 0.4) is 0 Å². The maximum absolute atomic E-state index is 12.3. The standard InChI is InChI=1S/C20H18N2O4.2CH4/c1-24-20(23)15-9-13-12-4-2-3-5-14(12)21-19(13)18(22-15)11-6-7-16-17(8-11)26-10-25-16;;/h2-8,15,18,21-22H,9-10H2,1H3;2*1H4/t15-,18-;;/m1../s1. The van der Waals surface area contributed by atoms with Gasteiger partial charge in [-0.3, -0.25) is 10.1 Å². The lowest BCUT2D eigenvalue weighted by atomic mass is 9.90. The van der Waals surface area contributed by atoms with Crippen LogP contribution in [0.1, 0.15) is 37.7 Å². The summed E-state index contributed by atoms with van der Waals surface area (Å²) < 4.78 is 15.9. The Morgan fingerprint density at radius 2 is 1.89 bits per heavy atom. The molecule has 148 valence electrons. The maximum Gasteiger partial charge on any atom is 0.323 e. The lowest BCUT2D eigenvalue weighted by Crippen LogP contribution is -2.45. The van der Waals surface area contributed by atoms with Gasteiger partial charge in [0.25, 0.3) is 0 Å². The van der Waals surface area contributed by atoms with Crippen molar-refractivity contribution in [3.05, 3.63) is 59.3 Å². The SMILES string of the molecule is C.C.COC(=O)[C@H]1Cc2c([nH]c3ccccc23)[C@@H](c2ccc3c(c2)OCO3)N1. The molecule has 0 saturated heterocycles. The molecule has 28 heavy (non-hydrogen) atoms. The predicted octanol–water partition coefficient (Wildman–Crippen LogP) is 3.95. The van der Waals surface area contributed by atoms with E-state index in [1.807, 2.05) is 30.3 Å². The molecule has 0 aliphatic carbocycles. The normalized spacial score (nSPS) is 19.3. The summed E-state index contributed by atoms with van der Waals surface area (Å²) in [5.41, 5.74) is 4.30. The van der Waals surface area contributed by atoms with Gasteiger partial charge in [0.1, 0.15) is 6.04 Å². The quantitative estimate of drug-likeness (QED) is 0.657. The topological polar surface area (TPSA) is 72.6 Å². The van der Waals surface area contributed by atoms with Crippen LogP contribution < -0.4 is 14.8 Å². The minimum atomic E-state index is -0.401. The number of rotatable bonds is 2. The molecule has 3 heterocycles. The predicted molar refractivity (Wildman–Crippen MR) is 109 cm³/mol. The number of nitrogens with one attached hydrogen (secondary N) is 2. The van der Waals surface area contributed by atoms with Crippen molar-refractivity contribution in [2.24, 2.45) is 0 Å². The first-order chi connectivity index (χ1) is 12.7. The van der Waals surface area contributed by atoms with Crippen molar-refractivity contribution < 1.29 is 19.0 Å². The van der Waals surface area contributed by atoms with E-state index in [-0.39, 0.29) is 33.7 Å². The second-order valence-corrected chi connectivity index (χ2v) is 6.56. The van der Waals surface area contributed by atoms with E-state index in [9.17, 15) is 4.79 Å². The molecule has 0 fully saturated rings. The van der Waals surface area contributed by atoms with Gasteiger partial charge in [-0.05, 0) is 29.3 Å². The van der Waals surface area contributed by atoms with Crippen molar-refractivity contribution in [3.8, 4) is 11.5 Å². The number of benzene rings is 2. The molecule has 0 radical (unpaired) electrons. The first kappa shape index (κ1) is 19.8. The van der Waals surface area contributed by atoms with Gasteiger partial charge in [0, 0.05) is 23.0 Å². The zero-order valence-electron chi connectivity index (χ0n) is 14.2. The third-order valence-corrected chi connectivity index (χ3v) is 5.13. The largest absolute Gasteiger partial charge is 0.468 e. The fourth-order valence-corrected chi connectivity index (χ4v) is 3.88. The summed E-state index contributed by atoms with van der Waals surface area (Å²) in [6.45, 7) is 0.235. The number of esters is 1. The van der Waals surface area contributed by atoms with Crippen molar-refractivity contribution in [2.75, 3.05) is 13.9 Å². The Morgan fingerprint density at radius 3 is 2.71 bits per heavy atom. The molecule has 2 atom stereocenters. The highest BCUT2D eigenvalue weighted by molar-refractivity contribution is 5.87. The molecule has 6 heteroatoms. The summed E-state index contributed by atoms with van der Waals surface area (Å²) in [4.78, 5) is 15.8. The first-order valence-electron chi connectivity index (χ1n) is 8.57. The van der Waals surface area contributed by atoms with E-state index >= 15 is 0 Å². The summed E-state index contributed by atoms with van der Waals surface area (Å²) >= 11 is 0. The molecular weight excluding hydrogens is 356 g/mol. The Balaban J connectivity index is 0.00000112. The van der Waals surface area contributed by atoms with E-state index in [1.54, 1.807) is 0 Å². The molecule has 0 saturated carbocycles. The zero-order valence-corrected chi connectivity index (χ0v) is 14.2. The van der Waals surface area contributed by atoms with Crippen LogP contribution in [-0.4, -0.2) is 30.9 Å². The Hall–Kier alpha value is -2.99. The summed E-state index contributed by atoms with van der Waals surface area (Å²) in [5, 5.41) is 4.57. The van der Waals surface area contributed by atoms with Gasteiger partial charge in [-0.25, -0.2) is 0 Å². The maximum atomic E-state index is 12.3. The number of fused-ring (bicyclic) bond motifs is 4. The van der Waals surface area contributed by atoms with E-state index in [1.165, 1.54) is 7.11 Å². The highest BCUT2D eigenvalue weighted by atomic mass is 16.7. The second-order valence-electron chi connectivity index (χ2n) is 6.56. The van der Waals surface area contributed by atoms with Crippen LogP contribution in [0.2, 0.25) is 0 Å². The van der Waals surface area contributed by atoms with E-state index in [0.29, 0.717) is 6.42 Å². The third-order valence-electron chi connectivity index (χ3n) is 5.13. The number of H-pyrrole nitrogens is 1. The van der Waals surface area contributed by atoms with Crippen molar-refractivity contribution in [1.29, 1.82) is 0 Å². The Morgan fingerprint density at radius 1 is 1.11 bits per heavy atom. The second kappa shape index (κ2) is 7.56. The molecule has 6 nitrogen and oxygen atoms in total. The minimum Gasteiger partial charge on any atom is -0.468 e. The van der Waals surface area contributed by atoms with Gasteiger partial charge < -0.3 is 19.2 Å². The van der Waals surface area contributed by atoms with Crippen LogP contribution >= 0.6 is 0 Å². The van der Waals surface area contributed by atoms with Gasteiger partial charge in [0.2, 0.25) is 6.79 Å². The number of ether oxygens (including phenoxy) is 3. The van der Waals surface area contributed by atoms with E-state index in [0.717, 1.165) is 39.2 Å². The van der Waals surface area contributed by atoms with Gasteiger partial charge in [0.05, 0.1) is 13.2 Å². The van der Waals surface area contributed by atoms with Gasteiger partial charge >= 0.3 is 5.97 Å². The minimum absolute atomic E-state index is 0. The smallest absolute Gasteiger partial charge is 0.323 e. The van der Waals surface area contributed by atoms with Crippen molar-refractivity contribution in [3.63, 3.8) is 0 Å². The van der Waals surface area contributed by atoms with Crippen LogP contribution in [0, 0.1) is 0 Å². The van der Waals surface area contributed by atoms with E-state index < -0.39 is 6.04 Å². The fraction of sp³-hybridized carbons (Fsp3) is 0.318. The number of hydrogen-bond donors (Lipinski definition) is 2. The monoisotopic (exact) mass is 382 g/mol. The lowest BCUT2D eigenvalue weighted by Gasteiger charge is -2.30. The summed E-state index contributed by atoms with van der Waals surface area (Å²) in [6.07, 6.45) is 0.590. The summed E-state index contributed by atoms with van der Waals surface area (Å²) in [7, 11) is 1.42. The molecule has 3 aromatic rings. The molecule has 0 amide bonds. The van der Waals surface area contributed by atoms with Crippen LogP contribution in [0.4, 0.5) is 0 Å². The van der Waals surface area contributed by atoms with Crippen molar-refractivity contribution >= 4 is 16.9 Å². The third kappa shape index (κ3) is 2.99. The summed E-state index contributed by atoms with van der Waals surface area (Å²) in [5.74, 6) is 1.21. The van der Waals surface area contributed by atoms with Crippen LogP contribution in [0.25, 0.3) is 10.9 Å². The Bertz CT molecular complexity index is 1010. The molecule has 0 spiro atoms. The highest BCUT2D eigenvalue weighted by Gasteiger charge is 2.35. The highest BCUT2D eigenvalue weighted by Crippen LogP contribution is 2.39. The van der Waals surface area contributed by atoms with Crippen molar-refractivity contribution in [1.82, 2.24) is 10.3 Å². The number of hydrogen-bond acceptors (Lipinski definition) is 5. The van der Waals surface area contributed by atoms with Gasteiger partial charge in [-0.15, -0.1) is 0 Å². The average molecular weight is 382 g/mol.